The van der Waals surface area contributed by atoms with Gasteiger partial charge in [0.05, 0.1) is 4.92 Å². The van der Waals surface area contributed by atoms with E-state index in [9.17, 15) is 10.1 Å². The molecule has 0 bridgehead atoms. The van der Waals surface area contributed by atoms with Gasteiger partial charge in [0.25, 0.3) is 5.69 Å². The molecular formula is C16H23N3O2. The van der Waals surface area contributed by atoms with Crippen LogP contribution in [0.5, 0.6) is 0 Å². The van der Waals surface area contributed by atoms with E-state index in [1.165, 1.54) is 12.0 Å². The third-order valence-corrected chi connectivity index (χ3v) is 4.71. The van der Waals surface area contributed by atoms with Crippen molar-refractivity contribution in [2.75, 3.05) is 24.5 Å². The molecule has 0 radical (unpaired) electrons. The summed E-state index contributed by atoms with van der Waals surface area (Å²) in [7, 11) is 0. The lowest BCUT2D eigenvalue weighted by atomic mass is 9.84. The van der Waals surface area contributed by atoms with Gasteiger partial charge in [0, 0.05) is 36.4 Å². The molecule has 1 aromatic carbocycles. The summed E-state index contributed by atoms with van der Waals surface area (Å²) in [4.78, 5) is 13.0. The van der Waals surface area contributed by atoms with Crippen LogP contribution in [0.4, 0.5) is 11.4 Å². The molecule has 2 aliphatic rings. The van der Waals surface area contributed by atoms with Crippen molar-refractivity contribution in [2.45, 2.75) is 38.6 Å². The number of benzene rings is 1. The summed E-state index contributed by atoms with van der Waals surface area (Å²) < 4.78 is 0. The number of piperidine rings is 1. The van der Waals surface area contributed by atoms with Crippen LogP contribution in [0, 0.1) is 16.0 Å². The zero-order valence-corrected chi connectivity index (χ0v) is 12.8. The maximum atomic E-state index is 11.0. The molecule has 5 nitrogen and oxygen atoms in total. The minimum atomic E-state index is -0.301. The predicted molar refractivity (Wildman–Crippen MR) is 83.8 cm³/mol. The van der Waals surface area contributed by atoms with Crippen molar-refractivity contribution in [1.82, 2.24) is 5.32 Å². The van der Waals surface area contributed by atoms with E-state index < -0.39 is 0 Å². The predicted octanol–water partition coefficient (Wildman–Crippen LogP) is 2.74. The highest BCUT2D eigenvalue weighted by atomic mass is 16.6. The molecule has 0 spiro atoms. The number of nitrogens with one attached hydrogen (secondary N) is 1. The lowest BCUT2D eigenvalue weighted by molar-refractivity contribution is -0.384. The lowest BCUT2D eigenvalue weighted by Gasteiger charge is -2.38. The Kier molecular flexibility index (Phi) is 3.61. The fraction of sp³-hybridized carbons (Fsp3) is 0.625. The third-order valence-electron chi connectivity index (χ3n) is 4.71. The fourth-order valence-electron chi connectivity index (χ4n) is 3.72. The Morgan fingerprint density at radius 2 is 2.29 bits per heavy atom. The van der Waals surface area contributed by atoms with Crippen LogP contribution in [0.1, 0.15) is 32.3 Å². The molecule has 0 saturated carbocycles. The van der Waals surface area contributed by atoms with E-state index in [1.807, 2.05) is 6.07 Å². The molecule has 2 heterocycles. The molecule has 1 aromatic rings. The Hall–Kier alpha value is -1.62. The van der Waals surface area contributed by atoms with Crippen LogP contribution in [0.15, 0.2) is 18.2 Å². The zero-order valence-electron chi connectivity index (χ0n) is 12.8. The molecule has 1 unspecified atom stereocenters. The second-order valence-corrected chi connectivity index (χ2v) is 6.94. The first-order chi connectivity index (χ1) is 9.94. The Labute approximate surface area is 125 Å². The number of anilines is 1. The van der Waals surface area contributed by atoms with Gasteiger partial charge in [-0.15, -0.1) is 0 Å². The van der Waals surface area contributed by atoms with Gasteiger partial charge in [0.2, 0.25) is 0 Å². The first kappa shape index (κ1) is 14.3. The average molecular weight is 289 g/mol. The summed E-state index contributed by atoms with van der Waals surface area (Å²) in [5.74, 6) is 0.659. The molecule has 2 aliphatic heterocycles. The minimum Gasteiger partial charge on any atom is -0.370 e. The van der Waals surface area contributed by atoms with Gasteiger partial charge in [-0.3, -0.25) is 10.1 Å². The monoisotopic (exact) mass is 289 g/mol. The van der Waals surface area contributed by atoms with Gasteiger partial charge in [-0.2, -0.15) is 0 Å². The Morgan fingerprint density at radius 3 is 3.00 bits per heavy atom. The molecule has 3 rings (SSSR count). The summed E-state index contributed by atoms with van der Waals surface area (Å²) in [6, 6.07) is 5.28. The standard InChI is InChI=1S/C16H23N3O2/c1-16(2)10-12(5-7-17-16)11-18-8-6-13-3-4-14(19(20)21)9-15(13)18/h3-4,9,12,17H,5-8,10-11H2,1-2H3. The van der Waals surface area contributed by atoms with Crippen molar-refractivity contribution in [2.24, 2.45) is 5.92 Å². The average Bonchev–Trinajstić information content (AvgIpc) is 2.80. The largest absolute Gasteiger partial charge is 0.370 e. The van der Waals surface area contributed by atoms with E-state index in [0.29, 0.717) is 5.92 Å². The molecule has 1 atom stereocenters. The van der Waals surface area contributed by atoms with Crippen LogP contribution in [0.25, 0.3) is 0 Å². The molecule has 114 valence electrons. The Balaban J connectivity index is 1.75. The first-order valence-electron chi connectivity index (χ1n) is 7.72. The topological polar surface area (TPSA) is 58.4 Å². The van der Waals surface area contributed by atoms with Crippen molar-refractivity contribution in [3.63, 3.8) is 0 Å². The van der Waals surface area contributed by atoms with E-state index in [4.69, 9.17) is 0 Å². The molecule has 0 aromatic heterocycles. The smallest absolute Gasteiger partial charge is 0.271 e. The number of hydrogen-bond acceptors (Lipinski definition) is 4. The number of fused-ring (bicyclic) bond motifs is 1. The number of non-ortho nitro benzene ring substituents is 1. The number of hydrogen-bond donors (Lipinski definition) is 1. The van der Waals surface area contributed by atoms with Crippen molar-refractivity contribution < 1.29 is 4.92 Å². The molecule has 1 N–H and O–H groups in total. The highest BCUT2D eigenvalue weighted by Crippen LogP contribution is 2.34. The quantitative estimate of drug-likeness (QED) is 0.686. The van der Waals surface area contributed by atoms with Gasteiger partial charge < -0.3 is 10.2 Å². The van der Waals surface area contributed by atoms with Crippen molar-refractivity contribution >= 4 is 11.4 Å². The third kappa shape index (κ3) is 3.02. The van der Waals surface area contributed by atoms with Crippen LogP contribution in [0.3, 0.4) is 0 Å². The highest BCUT2D eigenvalue weighted by Gasteiger charge is 2.30. The summed E-state index contributed by atoms with van der Waals surface area (Å²) in [5.41, 5.74) is 2.72. The Morgan fingerprint density at radius 1 is 1.48 bits per heavy atom. The molecule has 1 fully saturated rings. The summed E-state index contributed by atoms with van der Waals surface area (Å²) in [5, 5.41) is 14.5. The van der Waals surface area contributed by atoms with E-state index in [2.05, 4.69) is 24.1 Å². The van der Waals surface area contributed by atoms with Crippen LogP contribution in [-0.2, 0) is 6.42 Å². The van der Waals surface area contributed by atoms with E-state index in [1.54, 1.807) is 12.1 Å². The maximum absolute atomic E-state index is 11.0. The lowest BCUT2D eigenvalue weighted by Crippen LogP contribution is -2.48. The molecule has 5 heteroatoms. The Bertz CT molecular complexity index is 556. The molecule has 21 heavy (non-hydrogen) atoms. The molecule has 0 amide bonds. The first-order valence-corrected chi connectivity index (χ1v) is 7.72. The maximum Gasteiger partial charge on any atom is 0.271 e. The molecular weight excluding hydrogens is 266 g/mol. The van der Waals surface area contributed by atoms with Gasteiger partial charge in [-0.05, 0) is 51.1 Å². The van der Waals surface area contributed by atoms with Crippen LogP contribution >= 0.6 is 0 Å². The summed E-state index contributed by atoms with van der Waals surface area (Å²) in [6.07, 6.45) is 3.35. The number of nitro benzene ring substituents is 1. The van der Waals surface area contributed by atoms with Crippen LogP contribution in [-0.4, -0.2) is 30.1 Å². The zero-order chi connectivity index (χ0) is 15.0. The number of nitrogens with zero attached hydrogens (tertiary/aromatic N) is 2. The minimum absolute atomic E-state index is 0.200. The SMILES string of the molecule is CC1(C)CC(CN2CCc3ccc([N+](=O)[O-])cc32)CCN1. The van der Waals surface area contributed by atoms with Crippen molar-refractivity contribution in [3.8, 4) is 0 Å². The van der Waals surface area contributed by atoms with Gasteiger partial charge in [-0.25, -0.2) is 0 Å². The second kappa shape index (κ2) is 5.30. The van der Waals surface area contributed by atoms with Crippen LogP contribution in [0.2, 0.25) is 0 Å². The van der Waals surface area contributed by atoms with Gasteiger partial charge in [0.15, 0.2) is 0 Å². The fourth-order valence-corrected chi connectivity index (χ4v) is 3.72. The van der Waals surface area contributed by atoms with E-state index >= 15 is 0 Å². The van der Waals surface area contributed by atoms with Crippen LogP contribution < -0.4 is 10.2 Å². The summed E-state index contributed by atoms with van der Waals surface area (Å²) in [6.45, 7) is 7.57. The van der Waals surface area contributed by atoms with Gasteiger partial charge >= 0.3 is 0 Å². The molecule has 0 aliphatic carbocycles. The number of rotatable bonds is 3. The van der Waals surface area contributed by atoms with E-state index in [-0.39, 0.29) is 16.1 Å². The highest BCUT2D eigenvalue weighted by molar-refractivity contribution is 5.62. The number of nitro groups is 1. The second-order valence-electron chi connectivity index (χ2n) is 6.94. The van der Waals surface area contributed by atoms with E-state index in [0.717, 1.165) is 38.2 Å². The molecule has 1 saturated heterocycles. The van der Waals surface area contributed by atoms with Crippen molar-refractivity contribution in [3.05, 3.63) is 33.9 Å². The van der Waals surface area contributed by atoms with Crippen molar-refractivity contribution in [1.29, 1.82) is 0 Å². The normalized spacial score (nSPS) is 23.9. The van der Waals surface area contributed by atoms with Gasteiger partial charge in [-0.1, -0.05) is 6.07 Å². The van der Waals surface area contributed by atoms with Gasteiger partial charge in [0.1, 0.15) is 0 Å². The summed E-state index contributed by atoms with van der Waals surface area (Å²) >= 11 is 0.